The Labute approximate surface area is 135 Å². The molecule has 0 amide bonds. The molecule has 1 aromatic heterocycles. The van der Waals surface area contributed by atoms with Crippen LogP contribution < -0.4 is 0 Å². The predicted molar refractivity (Wildman–Crippen MR) is 89.1 cm³/mol. The molecule has 2 aromatic rings. The van der Waals surface area contributed by atoms with Crippen molar-refractivity contribution in [2.75, 3.05) is 0 Å². The third-order valence-electron chi connectivity index (χ3n) is 3.79. The smallest absolute Gasteiger partial charge is 0.224 e. The molecular weight excluding hydrogens is 290 g/mol. The van der Waals surface area contributed by atoms with Gasteiger partial charge in [0.25, 0.3) is 0 Å². The zero-order chi connectivity index (χ0) is 15.9. The van der Waals surface area contributed by atoms with E-state index in [4.69, 9.17) is 9.25 Å². The fourth-order valence-electron chi connectivity index (χ4n) is 2.54. The second kappa shape index (κ2) is 7.58. The maximum Gasteiger partial charge on any atom is 0.224 e. The molecule has 4 nitrogen and oxygen atoms in total. The van der Waals surface area contributed by atoms with Gasteiger partial charge in [-0.15, -0.1) is 0 Å². The number of nitrogens with zero attached hydrogens (tertiary/aromatic N) is 1. The van der Waals surface area contributed by atoms with Crippen molar-refractivity contribution in [1.29, 1.82) is 0 Å². The summed E-state index contributed by atoms with van der Waals surface area (Å²) in [6.07, 6.45) is 8.39. The molecule has 0 aliphatic heterocycles. The van der Waals surface area contributed by atoms with Crippen LogP contribution in [0.3, 0.4) is 0 Å². The van der Waals surface area contributed by atoms with Crippen LogP contribution in [0, 0.1) is 0 Å². The van der Waals surface area contributed by atoms with E-state index in [0.717, 1.165) is 37.0 Å². The van der Waals surface area contributed by atoms with Crippen LogP contribution in [0.5, 0.6) is 0 Å². The highest BCUT2D eigenvalue weighted by Gasteiger charge is 2.12. The molecule has 118 valence electrons. The van der Waals surface area contributed by atoms with Gasteiger partial charge >= 0.3 is 0 Å². The molecule has 1 saturated carbocycles. The summed E-state index contributed by atoms with van der Waals surface area (Å²) in [6.45, 7) is 0. The first-order valence-electron chi connectivity index (χ1n) is 7.90. The fourth-order valence-corrected chi connectivity index (χ4v) is 2.54. The minimum atomic E-state index is -0.238. The van der Waals surface area contributed by atoms with Crippen LogP contribution in [0.4, 0.5) is 0 Å². The first kappa shape index (κ1) is 15.3. The van der Waals surface area contributed by atoms with Crippen molar-refractivity contribution in [2.24, 2.45) is 5.16 Å². The van der Waals surface area contributed by atoms with E-state index < -0.39 is 0 Å². The topological polar surface area (TPSA) is 51.8 Å². The van der Waals surface area contributed by atoms with Gasteiger partial charge in [0, 0.05) is 11.6 Å². The van der Waals surface area contributed by atoms with E-state index >= 15 is 0 Å². The second-order valence-corrected chi connectivity index (χ2v) is 5.53. The quantitative estimate of drug-likeness (QED) is 0.344. The molecule has 0 atom stereocenters. The van der Waals surface area contributed by atoms with Crippen LogP contribution in [0.25, 0.3) is 5.76 Å². The van der Waals surface area contributed by atoms with Crippen molar-refractivity contribution in [1.82, 2.24) is 0 Å². The van der Waals surface area contributed by atoms with Crippen molar-refractivity contribution >= 4 is 17.3 Å². The number of benzene rings is 1. The number of carbonyl (C=O) groups is 1. The number of carbonyl (C=O) groups excluding carboxylic acids is 1. The number of hydrogen-bond donors (Lipinski definition) is 0. The minimum Gasteiger partial charge on any atom is -0.461 e. The number of allylic oxidation sites excluding steroid dienone is 1. The predicted octanol–water partition coefficient (Wildman–Crippen LogP) is 4.84. The number of furan rings is 1. The summed E-state index contributed by atoms with van der Waals surface area (Å²) < 4.78 is 5.14. The standard InChI is InChI=1S/C19H19NO3/c21-17(18-12-7-13-22-18)14-19(15-8-3-1-4-9-15)23-20-16-10-5-2-6-11-16/h1,3-4,7-9,12-14H,2,5-6,10-11H2/b19-14+. The Bertz CT molecular complexity index is 691. The molecule has 1 fully saturated rings. The van der Waals surface area contributed by atoms with Gasteiger partial charge < -0.3 is 9.25 Å². The van der Waals surface area contributed by atoms with Gasteiger partial charge in [0.1, 0.15) is 0 Å². The third-order valence-corrected chi connectivity index (χ3v) is 3.79. The molecule has 23 heavy (non-hydrogen) atoms. The van der Waals surface area contributed by atoms with Crippen LogP contribution in [0.1, 0.15) is 48.2 Å². The Kier molecular flexibility index (Phi) is 5.04. The maximum absolute atomic E-state index is 12.2. The Balaban J connectivity index is 1.83. The summed E-state index contributed by atoms with van der Waals surface area (Å²) in [4.78, 5) is 17.9. The van der Waals surface area contributed by atoms with Gasteiger partial charge in [-0.05, 0) is 37.8 Å². The number of ketones is 1. The van der Waals surface area contributed by atoms with Gasteiger partial charge in [-0.25, -0.2) is 0 Å². The van der Waals surface area contributed by atoms with E-state index in [0.29, 0.717) is 5.76 Å². The zero-order valence-corrected chi connectivity index (χ0v) is 12.9. The number of rotatable bonds is 5. The Morgan fingerprint density at radius 2 is 1.83 bits per heavy atom. The van der Waals surface area contributed by atoms with Gasteiger partial charge in [-0.1, -0.05) is 41.9 Å². The van der Waals surface area contributed by atoms with Crippen LogP contribution in [-0.4, -0.2) is 11.5 Å². The average Bonchev–Trinajstić information content (AvgIpc) is 3.15. The van der Waals surface area contributed by atoms with Crippen molar-refractivity contribution in [3.63, 3.8) is 0 Å². The molecule has 0 N–H and O–H groups in total. The van der Waals surface area contributed by atoms with Gasteiger partial charge in [0.15, 0.2) is 11.5 Å². The Hall–Kier alpha value is -2.62. The van der Waals surface area contributed by atoms with Crippen molar-refractivity contribution in [3.8, 4) is 0 Å². The molecular formula is C19H19NO3. The molecule has 0 spiro atoms. The SMILES string of the molecule is O=C(/C=C(/ON=C1CCCCC1)c1ccccc1)c1ccco1. The van der Waals surface area contributed by atoms with E-state index in [1.807, 2.05) is 30.3 Å². The van der Waals surface area contributed by atoms with E-state index in [1.165, 1.54) is 18.8 Å². The molecule has 0 unspecified atom stereocenters. The molecule has 3 rings (SSSR count). The lowest BCUT2D eigenvalue weighted by Gasteiger charge is -2.12. The fraction of sp³-hybridized carbons (Fsp3) is 0.263. The summed E-state index contributed by atoms with van der Waals surface area (Å²) in [5.41, 5.74) is 1.87. The molecule has 4 heteroatoms. The van der Waals surface area contributed by atoms with Crippen molar-refractivity contribution < 1.29 is 14.0 Å². The second-order valence-electron chi connectivity index (χ2n) is 5.53. The zero-order valence-electron chi connectivity index (χ0n) is 12.9. The summed E-state index contributed by atoms with van der Waals surface area (Å²) >= 11 is 0. The van der Waals surface area contributed by atoms with Gasteiger partial charge in [-0.3, -0.25) is 4.79 Å². The minimum absolute atomic E-state index is 0.238. The van der Waals surface area contributed by atoms with Crippen LogP contribution in [0.15, 0.2) is 64.4 Å². The highest BCUT2D eigenvalue weighted by atomic mass is 16.6. The molecule has 1 aliphatic rings. The lowest BCUT2D eigenvalue weighted by molar-refractivity contribution is 0.101. The summed E-state index contributed by atoms with van der Waals surface area (Å²) in [6, 6.07) is 12.8. The number of hydrogen-bond acceptors (Lipinski definition) is 4. The molecule has 0 bridgehead atoms. The first-order chi connectivity index (χ1) is 11.3. The number of oxime groups is 1. The lowest BCUT2D eigenvalue weighted by atomic mass is 9.99. The van der Waals surface area contributed by atoms with Crippen LogP contribution >= 0.6 is 0 Å². The molecule has 0 radical (unpaired) electrons. The summed E-state index contributed by atoms with van der Waals surface area (Å²) in [7, 11) is 0. The molecule has 1 aliphatic carbocycles. The molecule has 0 saturated heterocycles. The monoisotopic (exact) mass is 309 g/mol. The highest BCUT2D eigenvalue weighted by Crippen LogP contribution is 2.20. The summed E-state index contributed by atoms with van der Waals surface area (Å²) in [5, 5.41) is 4.26. The van der Waals surface area contributed by atoms with Crippen molar-refractivity contribution in [3.05, 3.63) is 66.1 Å². The summed E-state index contributed by atoms with van der Waals surface area (Å²) in [5.74, 6) is 0.482. The largest absolute Gasteiger partial charge is 0.461 e. The van der Waals surface area contributed by atoms with Crippen LogP contribution in [-0.2, 0) is 4.84 Å². The third kappa shape index (κ3) is 4.19. The van der Waals surface area contributed by atoms with E-state index in [9.17, 15) is 4.79 Å². The first-order valence-corrected chi connectivity index (χ1v) is 7.90. The van der Waals surface area contributed by atoms with Gasteiger partial charge in [-0.2, -0.15) is 0 Å². The van der Waals surface area contributed by atoms with E-state index in [-0.39, 0.29) is 11.5 Å². The Morgan fingerprint density at radius 1 is 1.04 bits per heavy atom. The maximum atomic E-state index is 12.2. The lowest BCUT2D eigenvalue weighted by Crippen LogP contribution is -2.05. The normalized spacial score (nSPS) is 15.3. The molecule has 1 aromatic carbocycles. The van der Waals surface area contributed by atoms with Crippen LogP contribution in [0.2, 0.25) is 0 Å². The van der Waals surface area contributed by atoms with E-state index in [1.54, 1.807) is 12.1 Å². The van der Waals surface area contributed by atoms with Crippen molar-refractivity contribution in [2.45, 2.75) is 32.1 Å². The van der Waals surface area contributed by atoms with E-state index in [2.05, 4.69) is 5.16 Å². The van der Waals surface area contributed by atoms with Gasteiger partial charge in [0.2, 0.25) is 5.78 Å². The Morgan fingerprint density at radius 3 is 2.52 bits per heavy atom. The van der Waals surface area contributed by atoms with Gasteiger partial charge in [0.05, 0.1) is 12.0 Å². The molecule has 1 heterocycles. The average molecular weight is 309 g/mol. The highest BCUT2D eigenvalue weighted by molar-refractivity contribution is 6.06.